The molecule has 1 aromatic carbocycles. The Morgan fingerprint density at radius 2 is 2.03 bits per heavy atom. The number of aromatic nitrogens is 1. The number of carbonyl (C=O) groups excluding carboxylic acids is 3. The number of benzene rings is 1. The molecule has 5 atom stereocenters. The molecular weight excluding hydrogens is 525 g/mol. The molecule has 2 aliphatic heterocycles. The van der Waals surface area contributed by atoms with Gasteiger partial charge in [-0.1, -0.05) is 0 Å². The molecule has 0 spiro atoms. The molecule has 0 unspecified atom stereocenters. The van der Waals surface area contributed by atoms with Crippen LogP contribution in [0.2, 0.25) is 0 Å². The van der Waals surface area contributed by atoms with Crippen molar-refractivity contribution < 1.29 is 36.3 Å². The smallest absolute Gasteiger partial charge is 0.271 e. The summed E-state index contributed by atoms with van der Waals surface area (Å²) in [6.07, 6.45) is -2.86. The Labute approximate surface area is 219 Å². The van der Waals surface area contributed by atoms with Gasteiger partial charge in [-0.05, 0) is 49.3 Å². The number of aromatic amines is 1. The molecule has 3 aliphatic rings. The number of hydrogen-bond donors (Lipinski definition) is 3. The zero-order valence-corrected chi connectivity index (χ0v) is 20.7. The van der Waals surface area contributed by atoms with Crippen LogP contribution in [0.25, 0.3) is 10.9 Å². The lowest BCUT2D eigenvalue weighted by Gasteiger charge is -2.29. The number of halogens is 5. The predicted octanol–water partition coefficient (Wildman–Crippen LogP) is 3.66. The Hall–Kier alpha value is -3.69. The summed E-state index contributed by atoms with van der Waals surface area (Å²) >= 11 is 0. The fraction of sp³-hybridized carbons (Fsp3) is 0.538. The average molecular weight is 552 g/mol. The predicted molar refractivity (Wildman–Crippen MR) is 127 cm³/mol. The van der Waals surface area contributed by atoms with Crippen LogP contribution in [-0.2, 0) is 9.59 Å². The van der Waals surface area contributed by atoms with Gasteiger partial charge in [0.25, 0.3) is 12.3 Å². The van der Waals surface area contributed by atoms with Crippen molar-refractivity contribution in [3.63, 3.8) is 0 Å². The monoisotopic (exact) mass is 551 g/mol. The molecule has 5 rings (SSSR count). The first kappa shape index (κ1) is 26.9. The molecule has 13 heteroatoms. The summed E-state index contributed by atoms with van der Waals surface area (Å²) in [6.45, 7) is 0.324. The van der Waals surface area contributed by atoms with Crippen molar-refractivity contribution >= 4 is 28.6 Å². The molecular formula is C26H26F5N5O3. The van der Waals surface area contributed by atoms with Crippen LogP contribution in [0.3, 0.4) is 0 Å². The first-order chi connectivity index (χ1) is 18.5. The number of H-pyrrole nitrogens is 1. The lowest BCUT2D eigenvalue weighted by atomic mass is 9.90. The van der Waals surface area contributed by atoms with Crippen molar-refractivity contribution in [1.29, 1.82) is 5.26 Å². The highest BCUT2D eigenvalue weighted by atomic mass is 19.3. The van der Waals surface area contributed by atoms with E-state index >= 15 is 0 Å². The highest BCUT2D eigenvalue weighted by Gasteiger charge is 2.58. The summed E-state index contributed by atoms with van der Waals surface area (Å²) in [5.41, 5.74) is -1.05. The van der Waals surface area contributed by atoms with E-state index in [1.54, 1.807) is 0 Å². The van der Waals surface area contributed by atoms with E-state index in [1.165, 1.54) is 0 Å². The molecule has 3 amide bonds. The second-order valence-corrected chi connectivity index (χ2v) is 10.6. The second-order valence-electron chi connectivity index (χ2n) is 10.6. The van der Waals surface area contributed by atoms with E-state index < -0.39 is 78.2 Å². The van der Waals surface area contributed by atoms with Gasteiger partial charge in [0.15, 0.2) is 0 Å². The molecule has 39 heavy (non-hydrogen) atoms. The quantitative estimate of drug-likeness (QED) is 0.475. The van der Waals surface area contributed by atoms with Gasteiger partial charge in [-0.2, -0.15) is 5.26 Å². The SMILES string of the molecule is N#C[C@H](C[C@H]1CCCNC1=O)NC(=O)[C@@H]1[C@H]2CC(F)(F)C[C@H]2CN1C(=O)c1cc2c(F)ccc(C(F)F)c2[nH]1. The van der Waals surface area contributed by atoms with Gasteiger partial charge in [-0.15, -0.1) is 0 Å². The number of rotatable bonds is 6. The first-order valence-corrected chi connectivity index (χ1v) is 12.7. The van der Waals surface area contributed by atoms with Crippen LogP contribution in [0.15, 0.2) is 18.2 Å². The standard InChI is InChI=1S/C26H26F5N5O3/c27-18-4-3-15(22(28)29)20-16(18)7-19(35-20)25(39)36-11-13-8-26(30,31)9-17(13)21(36)24(38)34-14(10-32)6-12-2-1-5-33-23(12)37/h3-4,7,12-14,17,21-22,35H,1-2,5-6,8-9,11H2,(H,33,37)(H,34,38)/t12-,13+,14+,17+,21+/m1/s1. The van der Waals surface area contributed by atoms with Gasteiger partial charge in [0.2, 0.25) is 17.7 Å². The van der Waals surface area contributed by atoms with Gasteiger partial charge in [0.05, 0.1) is 11.6 Å². The highest BCUT2D eigenvalue weighted by Crippen LogP contribution is 2.50. The Morgan fingerprint density at radius 1 is 1.26 bits per heavy atom. The van der Waals surface area contributed by atoms with Gasteiger partial charge in [0, 0.05) is 42.8 Å². The third-order valence-corrected chi connectivity index (χ3v) is 8.03. The van der Waals surface area contributed by atoms with Crippen molar-refractivity contribution in [1.82, 2.24) is 20.5 Å². The molecule has 1 aromatic heterocycles. The Morgan fingerprint density at radius 3 is 2.72 bits per heavy atom. The third kappa shape index (κ3) is 5.04. The second kappa shape index (κ2) is 10.1. The van der Waals surface area contributed by atoms with Gasteiger partial charge < -0.3 is 20.5 Å². The normalized spacial score (nSPS) is 26.8. The van der Waals surface area contributed by atoms with Crippen LogP contribution in [-0.4, -0.2) is 58.7 Å². The molecule has 8 nitrogen and oxygen atoms in total. The number of nitrogens with zero attached hydrogens (tertiary/aromatic N) is 2. The minimum absolute atomic E-state index is 0.0245. The fourth-order valence-corrected chi connectivity index (χ4v) is 6.25. The summed E-state index contributed by atoms with van der Waals surface area (Å²) in [5, 5.41) is 14.6. The van der Waals surface area contributed by atoms with E-state index in [0.717, 1.165) is 23.1 Å². The Kier molecular flexibility index (Phi) is 6.99. The summed E-state index contributed by atoms with van der Waals surface area (Å²) in [7, 11) is 0. The number of carbonyl (C=O) groups is 3. The lowest BCUT2D eigenvalue weighted by molar-refractivity contribution is -0.129. The number of fused-ring (bicyclic) bond motifs is 2. The van der Waals surface area contributed by atoms with E-state index in [9.17, 15) is 41.6 Å². The Bertz CT molecular complexity index is 1360. The number of nitriles is 1. The number of amides is 3. The van der Waals surface area contributed by atoms with E-state index in [2.05, 4.69) is 15.6 Å². The van der Waals surface area contributed by atoms with Gasteiger partial charge in [-0.3, -0.25) is 14.4 Å². The minimum Gasteiger partial charge on any atom is -0.356 e. The zero-order chi connectivity index (χ0) is 28.1. The molecule has 1 aliphatic carbocycles. The van der Waals surface area contributed by atoms with Crippen molar-refractivity contribution in [3.8, 4) is 6.07 Å². The van der Waals surface area contributed by atoms with E-state index in [0.29, 0.717) is 19.4 Å². The largest absolute Gasteiger partial charge is 0.356 e. The van der Waals surface area contributed by atoms with Crippen LogP contribution in [0.1, 0.15) is 54.6 Å². The number of piperidine rings is 1. The van der Waals surface area contributed by atoms with Crippen molar-refractivity contribution in [3.05, 3.63) is 35.3 Å². The van der Waals surface area contributed by atoms with Crippen LogP contribution >= 0.6 is 0 Å². The van der Waals surface area contributed by atoms with Crippen LogP contribution in [0.4, 0.5) is 22.0 Å². The molecule has 0 bridgehead atoms. The van der Waals surface area contributed by atoms with Crippen molar-refractivity contribution in [2.75, 3.05) is 13.1 Å². The van der Waals surface area contributed by atoms with Gasteiger partial charge in [-0.25, -0.2) is 22.0 Å². The van der Waals surface area contributed by atoms with E-state index in [1.807, 2.05) is 6.07 Å². The first-order valence-electron chi connectivity index (χ1n) is 12.7. The summed E-state index contributed by atoms with van der Waals surface area (Å²) in [4.78, 5) is 42.7. The number of likely N-dealkylation sites (tertiary alicyclic amines) is 1. The van der Waals surface area contributed by atoms with Gasteiger partial charge >= 0.3 is 0 Å². The topological polar surface area (TPSA) is 118 Å². The van der Waals surface area contributed by atoms with Crippen LogP contribution < -0.4 is 10.6 Å². The van der Waals surface area contributed by atoms with E-state index in [-0.39, 0.29) is 35.5 Å². The molecule has 1 saturated carbocycles. The Balaban J connectivity index is 1.42. The number of alkyl halides is 4. The maximum Gasteiger partial charge on any atom is 0.271 e. The summed E-state index contributed by atoms with van der Waals surface area (Å²) < 4.78 is 69.9. The molecule has 3 heterocycles. The van der Waals surface area contributed by atoms with Crippen LogP contribution in [0, 0.1) is 34.9 Å². The summed E-state index contributed by atoms with van der Waals surface area (Å²) in [5.74, 6) is -7.86. The summed E-state index contributed by atoms with van der Waals surface area (Å²) in [6, 6.07) is 2.30. The number of nitrogens with one attached hydrogen (secondary N) is 3. The average Bonchev–Trinajstić information content (AvgIpc) is 3.54. The number of hydrogen-bond acceptors (Lipinski definition) is 4. The van der Waals surface area contributed by atoms with Gasteiger partial charge in [0.1, 0.15) is 23.6 Å². The zero-order valence-electron chi connectivity index (χ0n) is 20.7. The molecule has 2 saturated heterocycles. The van der Waals surface area contributed by atoms with E-state index in [4.69, 9.17) is 0 Å². The maximum absolute atomic E-state index is 14.4. The maximum atomic E-state index is 14.4. The third-order valence-electron chi connectivity index (χ3n) is 8.03. The lowest BCUT2D eigenvalue weighted by Crippen LogP contribution is -2.52. The molecule has 2 aromatic rings. The molecule has 3 N–H and O–H groups in total. The molecule has 208 valence electrons. The molecule has 0 radical (unpaired) electrons. The van der Waals surface area contributed by atoms with Crippen molar-refractivity contribution in [2.24, 2.45) is 17.8 Å². The highest BCUT2D eigenvalue weighted by molar-refractivity contribution is 6.01. The minimum atomic E-state index is -3.03. The molecule has 3 fully saturated rings. The fourth-order valence-electron chi connectivity index (χ4n) is 6.25. The van der Waals surface area contributed by atoms with Crippen LogP contribution in [0.5, 0.6) is 0 Å². The van der Waals surface area contributed by atoms with Crippen molar-refractivity contribution in [2.45, 2.75) is 56.5 Å².